The molecule has 2 unspecified atom stereocenters. The van der Waals surface area contributed by atoms with Gasteiger partial charge >= 0.3 is 11.7 Å². The zero-order valence-electron chi connectivity index (χ0n) is 11.6. The first-order valence-electron chi connectivity index (χ1n) is 6.34. The first-order chi connectivity index (χ1) is 9.85. The van der Waals surface area contributed by atoms with Crippen molar-refractivity contribution >= 4 is 17.3 Å². The van der Waals surface area contributed by atoms with E-state index >= 15 is 0 Å². The van der Waals surface area contributed by atoms with Gasteiger partial charge in [0.25, 0.3) is 0 Å². The third-order valence-corrected chi connectivity index (χ3v) is 3.72. The van der Waals surface area contributed by atoms with E-state index in [4.69, 9.17) is 9.84 Å². The SMILES string of the molecule is COc1cc(N2CC(C)C(C(=O)O)C2)c(F)cc1[N+](=O)[O-]. The van der Waals surface area contributed by atoms with E-state index in [2.05, 4.69) is 0 Å². The number of carbonyl (C=O) groups is 1. The molecule has 0 spiro atoms. The highest BCUT2D eigenvalue weighted by Gasteiger charge is 2.36. The molecule has 1 fully saturated rings. The number of carboxylic acids is 1. The van der Waals surface area contributed by atoms with E-state index in [1.54, 1.807) is 11.8 Å². The van der Waals surface area contributed by atoms with Crippen LogP contribution in [0.3, 0.4) is 0 Å². The highest BCUT2D eigenvalue weighted by atomic mass is 19.1. The van der Waals surface area contributed by atoms with Crippen LogP contribution in [0.1, 0.15) is 6.92 Å². The molecule has 1 heterocycles. The van der Waals surface area contributed by atoms with E-state index in [-0.39, 0.29) is 23.9 Å². The number of aliphatic carboxylic acids is 1. The number of carboxylic acid groups (broad SMARTS) is 1. The Labute approximate surface area is 120 Å². The predicted octanol–water partition coefficient (Wildman–Crippen LogP) is 1.90. The monoisotopic (exact) mass is 298 g/mol. The maximum Gasteiger partial charge on any atom is 0.313 e. The Balaban J connectivity index is 2.37. The van der Waals surface area contributed by atoms with Gasteiger partial charge in [0.05, 0.1) is 29.7 Å². The summed E-state index contributed by atoms with van der Waals surface area (Å²) in [6.45, 7) is 2.31. The highest BCUT2D eigenvalue weighted by Crippen LogP contribution is 2.37. The van der Waals surface area contributed by atoms with Crippen molar-refractivity contribution in [2.24, 2.45) is 11.8 Å². The number of nitro groups is 1. The second kappa shape index (κ2) is 5.55. The summed E-state index contributed by atoms with van der Waals surface area (Å²) in [5.74, 6) is -2.48. The van der Waals surface area contributed by atoms with E-state index in [1.807, 2.05) is 0 Å². The van der Waals surface area contributed by atoms with Crippen molar-refractivity contribution in [2.75, 3.05) is 25.1 Å². The second-order valence-corrected chi connectivity index (χ2v) is 5.06. The molecule has 0 amide bonds. The van der Waals surface area contributed by atoms with Crippen molar-refractivity contribution in [3.8, 4) is 5.75 Å². The van der Waals surface area contributed by atoms with Crippen LogP contribution in [0.2, 0.25) is 0 Å². The van der Waals surface area contributed by atoms with Gasteiger partial charge in [-0.05, 0) is 5.92 Å². The van der Waals surface area contributed by atoms with Crippen LogP contribution >= 0.6 is 0 Å². The number of halogens is 1. The number of nitrogens with zero attached hydrogens (tertiary/aromatic N) is 2. The topological polar surface area (TPSA) is 92.9 Å². The molecule has 8 heteroatoms. The Bertz CT molecular complexity index is 592. The Kier molecular flexibility index (Phi) is 3.97. The lowest BCUT2D eigenvalue weighted by Gasteiger charge is -2.19. The summed E-state index contributed by atoms with van der Waals surface area (Å²) in [7, 11) is 1.26. The summed E-state index contributed by atoms with van der Waals surface area (Å²) in [5, 5.41) is 19.9. The van der Waals surface area contributed by atoms with Crippen LogP contribution in [0.25, 0.3) is 0 Å². The maximum absolute atomic E-state index is 14.1. The number of hydrogen-bond acceptors (Lipinski definition) is 5. The average molecular weight is 298 g/mol. The number of nitro benzene ring substituents is 1. The third kappa shape index (κ3) is 2.74. The number of methoxy groups -OCH3 is 1. The van der Waals surface area contributed by atoms with Crippen LogP contribution in [0.5, 0.6) is 5.75 Å². The van der Waals surface area contributed by atoms with Crippen LogP contribution < -0.4 is 9.64 Å². The second-order valence-electron chi connectivity index (χ2n) is 5.06. The van der Waals surface area contributed by atoms with Crippen molar-refractivity contribution in [3.63, 3.8) is 0 Å². The average Bonchev–Trinajstić information content (AvgIpc) is 2.80. The quantitative estimate of drug-likeness (QED) is 0.674. The summed E-state index contributed by atoms with van der Waals surface area (Å²) < 4.78 is 19.0. The van der Waals surface area contributed by atoms with Gasteiger partial charge in [-0.2, -0.15) is 0 Å². The molecule has 7 nitrogen and oxygen atoms in total. The van der Waals surface area contributed by atoms with E-state index in [0.717, 1.165) is 6.07 Å². The number of hydrogen-bond donors (Lipinski definition) is 1. The van der Waals surface area contributed by atoms with E-state index in [0.29, 0.717) is 6.54 Å². The molecule has 1 aliphatic rings. The molecule has 2 rings (SSSR count). The minimum atomic E-state index is -0.931. The normalized spacial score (nSPS) is 21.4. The molecule has 0 radical (unpaired) electrons. The smallest absolute Gasteiger partial charge is 0.313 e. The lowest BCUT2D eigenvalue weighted by molar-refractivity contribution is -0.385. The highest BCUT2D eigenvalue weighted by molar-refractivity contribution is 5.73. The Hall–Kier alpha value is -2.38. The van der Waals surface area contributed by atoms with Crippen molar-refractivity contribution in [1.29, 1.82) is 0 Å². The summed E-state index contributed by atoms with van der Waals surface area (Å²) in [4.78, 5) is 22.8. The molecule has 1 aromatic carbocycles. The van der Waals surface area contributed by atoms with Gasteiger partial charge in [0, 0.05) is 19.2 Å². The molecular formula is C13H15FN2O5. The maximum atomic E-state index is 14.1. The fourth-order valence-electron chi connectivity index (χ4n) is 2.57. The molecule has 1 aliphatic heterocycles. The fourth-order valence-corrected chi connectivity index (χ4v) is 2.57. The molecule has 0 saturated carbocycles. The van der Waals surface area contributed by atoms with E-state index < -0.39 is 28.3 Å². The molecular weight excluding hydrogens is 283 g/mol. The van der Waals surface area contributed by atoms with Crippen molar-refractivity contribution < 1.29 is 24.0 Å². The molecule has 0 aliphatic carbocycles. The van der Waals surface area contributed by atoms with Gasteiger partial charge in [0.1, 0.15) is 0 Å². The van der Waals surface area contributed by atoms with Gasteiger partial charge in [-0.25, -0.2) is 4.39 Å². The molecule has 1 saturated heterocycles. The molecule has 2 atom stereocenters. The Morgan fingerprint density at radius 2 is 2.19 bits per heavy atom. The van der Waals surface area contributed by atoms with Crippen LogP contribution in [-0.2, 0) is 4.79 Å². The van der Waals surface area contributed by atoms with Gasteiger partial charge in [-0.15, -0.1) is 0 Å². The van der Waals surface area contributed by atoms with Crippen molar-refractivity contribution in [2.45, 2.75) is 6.92 Å². The van der Waals surface area contributed by atoms with Gasteiger partial charge < -0.3 is 14.7 Å². The van der Waals surface area contributed by atoms with Gasteiger partial charge in [0.2, 0.25) is 0 Å². The molecule has 1 aromatic rings. The first-order valence-corrected chi connectivity index (χ1v) is 6.34. The Morgan fingerprint density at radius 1 is 1.52 bits per heavy atom. The molecule has 1 N–H and O–H groups in total. The third-order valence-electron chi connectivity index (χ3n) is 3.72. The first kappa shape index (κ1) is 15.0. The van der Waals surface area contributed by atoms with E-state index in [9.17, 15) is 19.3 Å². The summed E-state index contributed by atoms with van der Waals surface area (Å²) >= 11 is 0. The van der Waals surface area contributed by atoms with Gasteiger partial charge in [-0.1, -0.05) is 6.92 Å². The van der Waals surface area contributed by atoms with E-state index in [1.165, 1.54) is 13.2 Å². The van der Waals surface area contributed by atoms with Gasteiger partial charge in [-0.3, -0.25) is 14.9 Å². The lowest BCUT2D eigenvalue weighted by atomic mass is 9.99. The summed E-state index contributed by atoms with van der Waals surface area (Å²) in [5.41, 5.74) is -0.339. The van der Waals surface area contributed by atoms with Gasteiger partial charge in [0.15, 0.2) is 11.6 Å². The van der Waals surface area contributed by atoms with Crippen molar-refractivity contribution in [3.05, 3.63) is 28.1 Å². The zero-order chi connectivity index (χ0) is 15.7. The van der Waals surface area contributed by atoms with Crippen LogP contribution in [0, 0.1) is 27.8 Å². The zero-order valence-corrected chi connectivity index (χ0v) is 11.6. The number of ether oxygens (including phenoxy) is 1. The number of rotatable bonds is 4. The number of anilines is 1. The largest absolute Gasteiger partial charge is 0.490 e. The molecule has 0 aromatic heterocycles. The molecule has 21 heavy (non-hydrogen) atoms. The van der Waals surface area contributed by atoms with Crippen LogP contribution in [0.4, 0.5) is 15.8 Å². The summed E-state index contributed by atoms with van der Waals surface area (Å²) in [6, 6.07) is 2.04. The number of benzene rings is 1. The lowest BCUT2D eigenvalue weighted by Crippen LogP contribution is -2.23. The molecule has 0 bridgehead atoms. The molecule has 114 valence electrons. The Morgan fingerprint density at radius 3 is 2.67 bits per heavy atom. The minimum Gasteiger partial charge on any atom is -0.490 e. The fraction of sp³-hybridized carbons (Fsp3) is 0.462. The minimum absolute atomic E-state index is 0.0529. The predicted molar refractivity (Wildman–Crippen MR) is 72.1 cm³/mol. The van der Waals surface area contributed by atoms with Crippen LogP contribution in [0.15, 0.2) is 12.1 Å². The van der Waals surface area contributed by atoms with Crippen LogP contribution in [-0.4, -0.2) is 36.2 Å². The summed E-state index contributed by atoms with van der Waals surface area (Å²) in [6.07, 6.45) is 0. The van der Waals surface area contributed by atoms with Crippen molar-refractivity contribution in [1.82, 2.24) is 0 Å². The standard InChI is InChI=1S/C13H15FN2O5/c1-7-5-15(6-8(7)13(17)18)10-4-12(21-2)11(16(19)20)3-9(10)14/h3-4,7-8H,5-6H2,1-2H3,(H,17,18).